The summed E-state index contributed by atoms with van der Waals surface area (Å²) in [5.74, 6) is -1.69. The van der Waals surface area contributed by atoms with E-state index in [1.165, 1.54) is 65.0 Å². The largest absolute Gasteiger partial charge is 0.299 e. The van der Waals surface area contributed by atoms with E-state index in [2.05, 4.69) is 0 Å². The third-order valence-corrected chi connectivity index (χ3v) is 7.90. The summed E-state index contributed by atoms with van der Waals surface area (Å²) in [6, 6.07) is 14.4. The van der Waals surface area contributed by atoms with Gasteiger partial charge in [-0.15, -0.1) is 0 Å². The number of sulfonamides is 1. The van der Waals surface area contributed by atoms with Gasteiger partial charge in [0.1, 0.15) is 17.5 Å². The third-order valence-electron chi connectivity index (χ3n) is 5.75. The quantitative estimate of drug-likeness (QED) is 0.447. The molecular formula is C24H22ClF3N2O2S. The maximum absolute atomic E-state index is 14.0. The first-order valence-electron chi connectivity index (χ1n) is 10.5. The Hall–Kier alpha value is -2.55. The predicted octanol–water partition coefficient (Wildman–Crippen LogP) is 5.62. The summed E-state index contributed by atoms with van der Waals surface area (Å²) >= 11 is 5.92. The van der Waals surface area contributed by atoms with Crippen LogP contribution in [0.5, 0.6) is 0 Å². The molecule has 174 valence electrons. The van der Waals surface area contributed by atoms with E-state index in [0.29, 0.717) is 48.7 Å². The Kier molecular flexibility index (Phi) is 6.97. The van der Waals surface area contributed by atoms with Crippen LogP contribution in [0.15, 0.2) is 71.6 Å². The van der Waals surface area contributed by atoms with E-state index in [1.807, 2.05) is 4.90 Å². The maximum atomic E-state index is 14.0. The topological polar surface area (TPSA) is 40.6 Å². The minimum absolute atomic E-state index is 0.0898. The summed E-state index contributed by atoms with van der Waals surface area (Å²) in [6.07, 6.45) is 0.986. The second-order valence-corrected chi connectivity index (χ2v) is 10.2. The van der Waals surface area contributed by atoms with Crippen LogP contribution in [0.1, 0.15) is 18.4 Å². The number of rotatable bonds is 6. The SMILES string of the molecule is O=S(=O)(c1ccc(Cl)cc1)N(c1ccc(F)cc1)C1CCN(Cc2ccc(F)cc2F)CC1. The molecule has 0 spiro atoms. The maximum Gasteiger partial charge on any atom is 0.264 e. The monoisotopic (exact) mass is 494 g/mol. The van der Waals surface area contributed by atoms with Gasteiger partial charge in [-0.25, -0.2) is 21.6 Å². The first kappa shape index (κ1) is 23.6. The molecule has 0 saturated carbocycles. The molecule has 33 heavy (non-hydrogen) atoms. The molecule has 4 nitrogen and oxygen atoms in total. The summed E-state index contributed by atoms with van der Waals surface area (Å²) in [6.45, 7) is 1.35. The van der Waals surface area contributed by atoms with Gasteiger partial charge in [0.25, 0.3) is 10.0 Å². The Balaban J connectivity index is 1.57. The van der Waals surface area contributed by atoms with Gasteiger partial charge in [-0.2, -0.15) is 0 Å². The fourth-order valence-corrected chi connectivity index (χ4v) is 5.89. The number of piperidine rings is 1. The van der Waals surface area contributed by atoms with Gasteiger partial charge in [-0.05, 0) is 67.4 Å². The van der Waals surface area contributed by atoms with Crippen molar-refractivity contribution in [3.8, 4) is 0 Å². The molecule has 0 atom stereocenters. The lowest BCUT2D eigenvalue weighted by Crippen LogP contribution is -2.47. The number of benzene rings is 3. The summed E-state index contributed by atoms with van der Waals surface area (Å²) in [7, 11) is -3.94. The Labute approximate surface area is 196 Å². The molecule has 0 aliphatic carbocycles. The second kappa shape index (κ2) is 9.75. The number of nitrogens with zero attached hydrogens (tertiary/aromatic N) is 2. The lowest BCUT2D eigenvalue weighted by Gasteiger charge is -2.39. The van der Waals surface area contributed by atoms with Crippen molar-refractivity contribution in [2.75, 3.05) is 17.4 Å². The van der Waals surface area contributed by atoms with Crippen molar-refractivity contribution in [1.29, 1.82) is 0 Å². The van der Waals surface area contributed by atoms with Gasteiger partial charge in [0, 0.05) is 42.3 Å². The molecule has 1 heterocycles. The predicted molar refractivity (Wildman–Crippen MR) is 122 cm³/mol. The molecule has 0 radical (unpaired) electrons. The molecule has 0 aromatic heterocycles. The summed E-state index contributed by atoms with van der Waals surface area (Å²) in [4.78, 5) is 2.09. The molecule has 1 aliphatic heterocycles. The van der Waals surface area contributed by atoms with Crippen LogP contribution < -0.4 is 4.31 Å². The molecule has 0 bridgehead atoms. The van der Waals surface area contributed by atoms with Gasteiger partial charge < -0.3 is 0 Å². The highest BCUT2D eigenvalue weighted by Crippen LogP contribution is 2.31. The molecule has 4 rings (SSSR count). The van der Waals surface area contributed by atoms with Gasteiger partial charge in [-0.3, -0.25) is 9.21 Å². The average molecular weight is 495 g/mol. The molecule has 1 aliphatic rings. The van der Waals surface area contributed by atoms with E-state index in [0.717, 1.165) is 6.07 Å². The number of hydrogen-bond donors (Lipinski definition) is 0. The minimum atomic E-state index is -3.94. The van der Waals surface area contributed by atoms with Gasteiger partial charge >= 0.3 is 0 Å². The van der Waals surface area contributed by atoms with Crippen LogP contribution in [0.3, 0.4) is 0 Å². The Morgan fingerprint density at radius 1 is 0.879 bits per heavy atom. The highest BCUT2D eigenvalue weighted by molar-refractivity contribution is 7.92. The van der Waals surface area contributed by atoms with E-state index >= 15 is 0 Å². The van der Waals surface area contributed by atoms with Crippen LogP contribution in [-0.2, 0) is 16.6 Å². The molecule has 9 heteroatoms. The van der Waals surface area contributed by atoms with E-state index in [-0.39, 0.29) is 10.9 Å². The summed E-state index contributed by atoms with van der Waals surface area (Å²) in [5, 5.41) is 0.420. The number of halogens is 4. The van der Waals surface area contributed by atoms with Gasteiger partial charge in [0.2, 0.25) is 0 Å². The third kappa shape index (κ3) is 5.34. The zero-order valence-corrected chi connectivity index (χ0v) is 19.2. The Morgan fingerprint density at radius 2 is 1.48 bits per heavy atom. The molecule has 0 unspecified atom stereocenters. The van der Waals surface area contributed by atoms with Crippen LogP contribution in [0.2, 0.25) is 5.02 Å². The van der Waals surface area contributed by atoms with Gasteiger partial charge in [0.15, 0.2) is 0 Å². The van der Waals surface area contributed by atoms with Crippen molar-refractivity contribution in [2.45, 2.75) is 30.3 Å². The Morgan fingerprint density at radius 3 is 2.09 bits per heavy atom. The van der Waals surface area contributed by atoms with Crippen molar-refractivity contribution in [3.63, 3.8) is 0 Å². The summed E-state index contributed by atoms with van der Waals surface area (Å²) < 4.78 is 69.2. The minimum Gasteiger partial charge on any atom is -0.299 e. The van der Waals surface area contributed by atoms with Crippen LogP contribution >= 0.6 is 11.6 Å². The molecule has 1 fully saturated rings. The van der Waals surface area contributed by atoms with Gasteiger partial charge in [-0.1, -0.05) is 17.7 Å². The van der Waals surface area contributed by atoms with E-state index < -0.39 is 27.5 Å². The fraction of sp³-hybridized carbons (Fsp3) is 0.250. The summed E-state index contributed by atoms with van der Waals surface area (Å²) in [5.41, 5.74) is 0.758. The smallest absolute Gasteiger partial charge is 0.264 e. The molecule has 3 aromatic rings. The standard InChI is InChI=1S/C24H22ClF3N2O2S/c25-18-2-9-23(10-3-18)33(31,32)30(21-7-5-19(26)6-8-21)22-11-13-29(14-12-22)16-17-1-4-20(27)15-24(17)28/h1-10,15,22H,11-14,16H2. The molecule has 0 N–H and O–H groups in total. The van der Waals surface area contributed by atoms with Crippen molar-refractivity contribution in [1.82, 2.24) is 4.90 Å². The van der Waals surface area contributed by atoms with Crippen molar-refractivity contribution in [3.05, 3.63) is 94.8 Å². The van der Waals surface area contributed by atoms with E-state index in [4.69, 9.17) is 11.6 Å². The van der Waals surface area contributed by atoms with E-state index in [9.17, 15) is 21.6 Å². The lowest BCUT2D eigenvalue weighted by atomic mass is 10.0. The van der Waals surface area contributed by atoms with E-state index in [1.54, 1.807) is 0 Å². The van der Waals surface area contributed by atoms with Gasteiger partial charge in [0.05, 0.1) is 10.6 Å². The highest BCUT2D eigenvalue weighted by atomic mass is 35.5. The second-order valence-electron chi connectivity index (χ2n) is 7.97. The van der Waals surface area contributed by atoms with Crippen molar-refractivity contribution >= 4 is 27.3 Å². The number of anilines is 1. The zero-order valence-electron chi connectivity index (χ0n) is 17.6. The normalized spacial score (nSPS) is 15.5. The Bertz CT molecular complexity index is 1210. The van der Waals surface area contributed by atoms with Crippen molar-refractivity contribution < 1.29 is 21.6 Å². The number of hydrogen-bond acceptors (Lipinski definition) is 3. The average Bonchev–Trinajstić information content (AvgIpc) is 2.78. The lowest BCUT2D eigenvalue weighted by molar-refractivity contribution is 0.204. The van der Waals surface area contributed by atoms with Crippen LogP contribution in [0, 0.1) is 17.5 Å². The fourth-order valence-electron chi connectivity index (χ4n) is 4.06. The van der Waals surface area contributed by atoms with Crippen LogP contribution in [-0.4, -0.2) is 32.4 Å². The zero-order chi connectivity index (χ0) is 23.6. The first-order valence-corrected chi connectivity index (χ1v) is 12.3. The molecular weight excluding hydrogens is 473 g/mol. The van der Waals surface area contributed by atoms with Crippen molar-refractivity contribution in [2.24, 2.45) is 0 Å². The highest BCUT2D eigenvalue weighted by Gasteiger charge is 2.34. The number of likely N-dealkylation sites (tertiary alicyclic amines) is 1. The molecule has 0 amide bonds. The first-order chi connectivity index (χ1) is 15.7. The molecule has 3 aromatic carbocycles. The molecule has 1 saturated heterocycles. The van der Waals surface area contributed by atoms with Crippen LogP contribution in [0.25, 0.3) is 0 Å². The van der Waals surface area contributed by atoms with Crippen LogP contribution in [0.4, 0.5) is 18.9 Å².